The second-order valence-corrected chi connectivity index (χ2v) is 9.45. The van der Waals surface area contributed by atoms with Gasteiger partial charge in [0.05, 0.1) is 17.9 Å². The van der Waals surface area contributed by atoms with Crippen molar-refractivity contribution in [1.82, 2.24) is 15.2 Å². The van der Waals surface area contributed by atoms with Crippen LogP contribution < -0.4 is 10.6 Å². The minimum atomic E-state index is -0.652. The lowest BCUT2D eigenvalue weighted by molar-refractivity contribution is -0.118. The number of aryl methyl sites for hydroxylation is 1. The van der Waals surface area contributed by atoms with Crippen molar-refractivity contribution in [1.29, 1.82) is 0 Å². The van der Waals surface area contributed by atoms with Crippen molar-refractivity contribution < 1.29 is 14.3 Å². The van der Waals surface area contributed by atoms with E-state index in [0.29, 0.717) is 10.7 Å². The van der Waals surface area contributed by atoms with Crippen LogP contribution in [0.3, 0.4) is 0 Å². The van der Waals surface area contributed by atoms with Crippen LogP contribution in [0.2, 0.25) is 0 Å². The molecule has 0 spiro atoms. The van der Waals surface area contributed by atoms with Gasteiger partial charge in [0, 0.05) is 30.6 Å². The van der Waals surface area contributed by atoms with E-state index >= 15 is 0 Å². The first-order valence-corrected chi connectivity index (χ1v) is 11.6. The molecule has 3 atom stereocenters. The Morgan fingerprint density at radius 1 is 1.23 bits per heavy atom. The second kappa shape index (κ2) is 10.3. The predicted octanol–water partition coefficient (Wildman–Crippen LogP) is 3.45. The third-order valence-electron chi connectivity index (χ3n) is 5.29. The first-order valence-electron chi connectivity index (χ1n) is 10.7. The quantitative estimate of drug-likeness (QED) is 0.683. The summed E-state index contributed by atoms with van der Waals surface area (Å²) < 4.78 is 5.78. The highest BCUT2D eigenvalue weighted by atomic mass is 32.1. The Hall–Kier alpha value is -2.29. The lowest BCUT2D eigenvalue weighted by Gasteiger charge is -2.34. The highest BCUT2D eigenvalue weighted by Crippen LogP contribution is 2.20. The molecule has 168 valence electrons. The van der Waals surface area contributed by atoms with Crippen molar-refractivity contribution in [2.24, 2.45) is 5.92 Å². The van der Waals surface area contributed by atoms with Crippen LogP contribution in [-0.2, 0) is 16.1 Å². The van der Waals surface area contributed by atoms with E-state index in [4.69, 9.17) is 4.74 Å². The number of hydrogen-bond donors (Lipinski definition) is 2. The Morgan fingerprint density at radius 2 is 1.90 bits per heavy atom. The number of rotatable bonds is 7. The number of aromatic nitrogens is 1. The van der Waals surface area contributed by atoms with Crippen molar-refractivity contribution >= 4 is 28.3 Å². The smallest absolute Gasteiger partial charge is 0.252 e. The van der Waals surface area contributed by atoms with E-state index in [1.54, 1.807) is 6.07 Å². The summed E-state index contributed by atoms with van der Waals surface area (Å²) in [4.78, 5) is 32.5. The first-order chi connectivity index (χ1) is 14.7. The van der Waals surface area contributed by atoms with E-state index in [-0.39, 0.29) is 29.9 Å². The number of thiazole rings is 1. The van der Waals surface area contributed by atoms with E-state index in [9.17, 15) is 9.59 Å². The van der Waals surface area contributed by atoms with E-state index in [1.165, 1.54) is 11.3 Å². The monoisotopic (exact) mass is 444 g/mol. The van der Waals surface area contributed by atoms with Crippen LogP contribution in [-0.4, -0.2) is 53.0 Å². The molecule has 2 N–H and O–H groups in total. The average Bonchev–Trinajstić information content (AvgIpc) is 3.11. The van der Waals surface area contributed by atoms with Gasteiger partial charge in [-0.2, -0.15) is 0 Å². The number of morpholine rings is 1. The zero-order valence-electron chi connectivity index (χ0n) is 18.8. The summed E-state index contributed by atoms with van der Waals surface area (Å²) in [7, 11) is 0. The van der Waals surface area contributed by atoms with Gasteiger partial charge in [0.15, 0.2) is 5.13 Å². The van der Waals surface area contributed by atoms with Crippen LogP contribution in [0.15, 0.2) is 29.6 Å². The number of nitrogens with one attached hydrogen (secondary N) is 2. The summed E-state index contributed by atoms with van der Waals surface area (Å²) in [6, 6.07) is 6.70. The number of nitrogens with zero attached hydrogens (tertiary/aromatic N) is 2. The Morgan fingerprint density at radius 3 is 2.55 bits per heavy atom. The summed E-state index contributed by atoms with van der Waals surface area (Å²) in [5.74, 6) is -0.572. The lowest BCUT2D eigenvalue weighted by Crippen LogP contribution is -2.47. The molecule has 0 bridgehead atoms. The van der Waals surface area contributed by atoms with Crippen LogP contribution in [0.1, 0.15) is 49.3 Å². The number of hydrogen-bond acceptors (Lipinski definition) is 6. The largest absolute Gasteiger partial charge is 0.373 e. The molecule has 8 heteroatoms. The van der Waals surface area contributed by atoms with E-state index in [0.717, 1.165) is 30.9 Å². The molecule has 0 aliphatic carbocycles. The van der Waals surface area contributed by atoms with Crippen LogP contribution in [0.5, 0.6) is 0 Å². The molecule has 2 aromatic rings. The molecule has 7 nitrogen and oxygen atoms in total. The number of ether oxygens (including phenoxy) is 1. The molecule has 1 aromatic carbocycles. The molecular weight excluding hydrogens is 412 g/mol. The summed E-state index contributed by atoms with van der Waals surface area (Å²) in [6.07, 6.45) is 0.399. The SMILES string of the molecule is Cc1ccccc1C(=O)N[C@H](C(=O)Nc1nc(CN2C[C@@H](C)O[C@@H](C)C2)cs1)C(C)C. The van der Waals surface area contributed by atoms with Gasteiger partial charge in [0.1, 0.15) is 6.04 Å². The maximum atomic E-state index is 12.9. The maximum Gasteiger partial charge on any atom is 0.252 e. The number of benzene rings is 1. The molecule has 1 saturated heterocycles. The maximum absolute atomic E-state index is 12.9. The number of carbonyl (C=O) groups is 2. The van der Waals surface area contributed by atoms with Crippen LogP contribution >= 0.6 is 11.3 Å². The van der Waals surface area contributed by atoms with Crippen LogP contribution in [0.25, 0.3) is 0 Å². The van der Waals surface area contributed by atoms with Gasteiger partial charge in [0.25, 0.3) is 5.91 Å². The molecule has 0 radical (unpaired) electrons. The minimum Gasteiger partial charge on any atom is -0.373 e. The molecule has 1 aliphatic rings. The average molecular weight is 445 g/mol. The third kappa shape index (κ3) is 6.35. The Bertz CT molecular complexity index is 904. The fraction of sp³-hybridized carbons (Fsp3) is 0.522. The van der Waals surface area contributed by atoms with Crippen LogP contribution in [0, 0.1) is 12.8 Å². The first kappa shape index (κ1) is 23.4. The lowest BCUT2D eigenvalue weighted by atomic mass is 10.0. The molecule has 1 aromatic heterocycles. The summed E-state index contributed by atoms with van der Waals surface area (Å²) >= 11 is 1.40. The summed E-state index contributed by atoms with van der Waals surface area (Å²) in [5, 5.41) is 8.28. The Kier molecular flexibility index (Phi) is 7.80. The van der Waals surface area contributed by atoms with Crippen LogP contribution in [0.4, 0.5) is 5.13 Å². The van der Waals surface area contributed by atoms with E-state index in [2.05, 4.69) is 34.4 Å². The van der Waals surface area contributed by atoms with Gasteiger partial charge in [-0.15, -0.1) is 11.3 Å². The number of carbonyl (C=O) groups excluding carboxylic acids is 2. The van der Waals surface area contributed by atoms with Gasteiger partial charge >= 0.3 is 0 Å². The summed E-state index contributed by atoms with van der Waals surface area (Å²) in [6.45, 7) is 12.3. The highest BCUT2D eigenvalue weighted by Gasteiger charge is 2.26. The summed E-state index contributed by atoms with van der Waals surface area (Å²) in [5.41, 5.74) is 2.37. The normalized spacial score (nSPS) is 20.5. The van der Waals surface area contributed by atoms with Gasteiger partial charge in [-0.3, -0.25) is 14.5 Å². The van der Waals surface area contributed by atoms with Crippen molar-refractivity contribution in [3.05, 3.63) is 46.5 Å². The highest BCUT2D eigenvalue weighted by molar-refractivity contribution is 7.13. The van der Waals surface area contributed by atoms with Gasteiger partial charge in [-0.1, -0.05) is 32.0 Å². The predicted molar refractivity (Wildman–Crippen MR) is 123 cm³/mol. The number of amides is 2. The molecule has 1 fully saturated rings. The van der Waals surface area contributed by atoms with Crippen molar-refractivity contribution in [2.75, 3.05) is 18.4 Å². The van der Waals surface area contributed by atoms with Gasteiger partial charge < -0.3 is 15.4 Å². The van der Waals surface area contributed by atoms with E-state index in [1.807, 2.05) is 44.4 Å². The molecule has 0 saturated carbocycles. The molecule has 2 heterocycles. The van der Waals surface area contributed by atoms with Crippen molar-refractivity contribution in [3.8, 4) is 0 Å². The van der Waals surface area contributed by atoms with Gasteiger partial charge in [0.2, 0.25) is 5.91 Å². The van der Waals surface area contributed by atoms with Gasteiger partial charge in [-0.05, 0) is 38.3 Å². The molecule has 0 unspecified atom stereocenters. The molecule has 1 aliphatic heterocycles. The minimum absolute atomic E-state index is 0.0660. The standard InChI is InChI=1S/C23H32N4O3S/c1-14(2)20(25-21(28)19-9-7-6-8-15(19)3)22(29)26-23-24-18(13-31-23)12-27-10-16(4)30-17(5)11-27/h6-9,13-14,16-17,20H,10-12H2,1-5H3,(H,25,28)(H,24,26,29)/t16-,17+,20-/m0/s1. The Balaban J connectivity index is 1.61. The van der Waals surface area contributed by atoms with Gasteiger partial charge in [-0.25, -0.2) is 4.98 Å². The molecule has 3 rings (SSSR count). The third-order valence-corrected chi connectivity index (χ3v) is 6.09. The van der Waals surface area contributed by atoms with Crippen molar-refractivity contribution in [2.45, 2.75) is 59.4 Å². The zero-order valence-corrected chi connectivity index (χ0v) is 19.7. The number of anilines is 1. The second-order valence-electron chi connectivity index (χ2n) is 8.59. The van der Waals surface area contributed by atoms with E-state index < -0.39 is 6.04 Å². The molecule has 2 amide bonds. The Labute approximate surface area is 188 Å². The molecular formula is C23H32N4O3S. The molecule has 31 heavy (non-hydrogen) atoms. The zero-order chi connectivity index (χ0) is 22.5. The fourth-order valence-corrected chi connectivity index (χ4v) is 4.55. The van der Waals surface area contributed by atoms with Crippen molar-refractivity contribution in [3.63, 3.8) is 0 Å². The topological polar surface area (TPSA) is 83.6 Å². The fourth-order valence-electron chi connectivity index (χ4n) is 3.84.